The maximum absolute atomic E-state index is 15.0. The molecule has 7 rings (SSSR count). The maximum atomic E-state index is 15.0. The number of nitrogens with one attached hydrogen (secondary N) is 2. The maximum Gasteiger partial charge on any atom is 0.408 e. The minimum Gasteiger partial charge on any atom is -0.497 e. The number of aryl methyl sites for hydroxylation is 1. The van der Waals surface area contributed by atoms with E-state index in [1.807, 2.05) is 13.0 Å². The van der Waals surface area contributed by atoms with Gasteiger partial charge in [-0.2, -0.15) is 0 Å². The van der Waals surface area contributed by atoms with Crippen molar-refractivity contribution < 1.29 is 55.7 Å². The van der Waals surface area contributed by atoms with Gasteiger partial charge in [0, 0.05) is 36.4 Å². The van der Waals surface area contributed by atoms with Gasteiger partial charge in [0.05, 0.1) is 25.8 Å². The van der Waals surface area contributed by atoms with Crippen molar-refractivity contribution in [2.75, 3.05) is 27.4 Å². The molecule has 0 radical (unpaired) electrons. The van der Waals surface area contributed by atoms with E-state index in [0.717, 1.165) is 4.90 Å². The first kappa shape index (κ1) is 42.5. The van der Waals surface area contributed by atoms with E-state index < -0.39 is 85.9 Å². The Balaban J connectivity index is 1.29. The van der Waals surface area contributed by atoms with Gasteiger partial charge in [0.1, 0.15) is 39.4 Å². The first-order valence-corrected chi connectivity index (χ1v) is 21.9. The Morgan fingerprint density at radius 3 is 2.58 bits per heavy atom. The Bertz CT molecular complexity index is 2150. The van der Waals surface area contributed by atoms with Gasteiger partial charge >= 0.3 is 6.09 Å². The Morgan fingerprint density at radius 1 is 1.15 bits per heavy atom. The van der Waals surface area contributed by atoms with E-state index in [2.05, 4.69) is 15.0 Å². The van der Waals surface area contributed by atoms with Crippen LogP contribution in [0, 0.1) is 5.92 Å². The number of ether oxygens (including phenoxy) is 3. The number of methoxy groups -OCH3 is 2. The minimum atomic E-state index is -4.22. The summed E-state index contributed by atoms with van der Waals surface area (Å²) in [4.78, 5) is 63.4. The molecule has 5 aliphatic rings. The average molecular weight is 846 g/mol. The summed E-state index contributed by atoms with van der Waals surface area (Å²) in [5, 5.41) is 13.9. The molecule has 2 saturated carbocycles. The molecule has 4 amide bonds. The monoisotopic (exact) mass is 845 g/mol. The van der Waals surface area contributed by atoms with Crippen molar-refractivity contribution >= 4 is 44.7 Å². The first-order chi connectivity index (χ1) is 28.0. The SMILES string of the molecule is CCC(C)N(C(=O)O)[C@H]1CCCCC/C=C\[C@@H]2C[C@@]2(C(=O)NS(=O)(=O)C2(COC)CC2)NC(=O)[C@@H]2C[C@]3(CCc4c(c(C(F)F)nc5ccc(OC)cc45)O3)CN2C1=O. The highest BCUT2D eigenvalue weighted by Crippen LogP contribution is 2.50. The van der Waals surface area contributed by atoms with Crippen LogP contribution in [0.2, 0.25) is 0 Å². The lowest BCUT2D eigenvalue weighted by molar-refractivity contribution is -0.144. The fraction of sp³-hybridized carbons (Fsp3) is 0.634. The predicted octanol–water partition coefficient (Wildman–Crippen LogP) is 5.01. The Hall–Kier alpha value is -4.58. The highest BCUT2D eigenvalue weighted by Gasteiger charge is 2.64. The number of hydrogen-bond acceptors (Lipinski definition) is 10. The molecule has 0 bridgehead atoms. The van der Waals surface area contributed by atoms with Crippen molar-refractivity contribution in [1.29, 1.82) is 0 Å². The zero-order chi connectivity index (χ0) is 42.5. The number of nitrogens with zero attached hydrogens (tertiary/aromatic N) is 3. The molecule has 59 heavy (non-hydrogen) atoms. The van der Waals surface area contributed by atoms with Crippen molar-refractivity contribution in [3.05, 3.63) is 41.6 Å². The van der Waals surface area contributed by atoms with E-state index in [1.54, 1.807) is 31.2 Å². The van der Waals surface area contributed by atoms with E-state index in [1.165, 1.54) is 19.1 Å². The second-order valence-electron chi connectivity index (χ2n) is 16.8. The number of sulfonamides is 1. The summed E-state index contributed by atoms with van der Waals surface area (Å²) in [5.41, 5.74) is -2.85. The van der Waals surface area contributed by atoms with Crippen LogP contribution in [0.25, 0.3) is 10.9 Å². The van der Waals surface area contributed by atoms with Crippen LogP contribution < -0.4 is 19.5 Å². The number of hydrogen-bond donors (Lipinski definition) is 3. The quantitative estimate of drug-likeness (QED) is 0.272. The summed E-state index contributed by atoms with van der Waals surface area (Å²) in [5.74, 6) is -2.56. The second-order valence-corrected chi connectivity index (χ2v) is 18.9. The smallest absolute Gasteiger partial charge is 0.408 e. The normalized spacial score (nSPS) is 28.9. The molecule has 3 N–H and O–H groups in total. The molecule has 1 aromatic heterocycles. The molecule has 2 aliphatic carbocycles. The summed E-state index contributed by atoms with van der Waals surface area (Å²) in [6, 6.07) is 1.81. The van der Waals surface area contributed by atoms with Gasteiger partial charge in [-0.15, -0.1) is 0 Å². The third-order valence-electron chi connectivity index (χ3n) is 13.0. The number of alkyl halides is 2. The van der Waals surface area contributed by atoms with E-state index in [-0.39, 0.29) is 51.0 Å². The molecule has 3 aliphatic heterocycles. The number of amides is 4. The number of aromatic nitrogens is 1. The number of rotatable bonds is 10. The van der Waals surface area contributed by atoms with Crippen molar-refractivity contribution in [1.82, 2.24) is 24.8 Å². The van der Waals surface area contributed by atoms with Gasteiger partial charge in [0.25, 0.3) is 12.3 Å². The summed E-state index contributed by atoms with van der Waals surface area (Å²) < 4.78 is 74.7. The van der Waals surface area contributed by atoms with E-state index in [0.29, 0.717) is 67.2 Å². The van der Waals surface area contributed by atoms with Crippen LogP contribution in [-0.4, -0.2) is 114 Å². The van der Waals surface area contributed by atoms with Crippen LogP contribution in [0.4, 0.5) is 13.6 Å². The molecule has 6 atom stereocenters. The molecular formula is C41H53F2N5O10S. The van der Waals surface area contributed by atoms with Crippen molar-refractivity contribution in [2.24, 2.45) is 5.92 Å². The number of fused-ring (bicyclic) bond motifs is 5. The molecule has 1 saturated heterocycles. The number of carbonyl (C=O) groups excluding carboxylic acids is 3. The molecular weight excluding hydrogens is 793 g/mol. The molecule has 4 heterocycles. The van der Waals surface area contributed by atoms with Crippen molar-refractivity contribution in [3.63, 3.8) is 0 Å². The summed E-state index contributed by atoms with van der Waals surface area (Å²) in [7, 11) is -1.36. The number of allylic oxidation sites excluding steroid dienone is 1. The van der Waals surface area contributed by atoms with Crippen molar-refractivity contribution in [3.8, 4) is 11.5 Å². The van der Waals surface area contributed by atoms with Gasteiger partial charge in [0.2, 0.25) is 21.8 Å². The van der Waals surface area contributed by atoms with Crippen LogP contribution in [0.1, 0.15) is 102 Å². The first-order valence-electron chi connectivity index (χ1n) is 20.4. The van der Waals surface area contributed by atoms with E-state index >= 15 is 0 Å². The van der Waals surface area contributed by atoms with Crippen LogP contribution in [0.3, 0.4) is 0 Å². The standard InChI is InChI=1S/C41H53F2N5O10S/c1-5-24(2)48(38(52)53)30-12-10-8-6-7-9-11-25-20-41(25,37(51)46-59(54,55)40(17-18-40)23-56-3)45-35(49)31-21-39(22-47(31)36(30)50)16-15-27-28-19-26(57-4)13-14-29(28)44-32(34(42)43)33(27)58-39/h9,11,13-14,19,24-25,30-31,34H,5-8,10,12,15-18,20-23H2,1-4H3,(H,45,49)(H,46,51)(H,52,53)/b11-9-/t24?,25-,30+,31+,39-,41-/m1/s1. The third kappa shape index (κ3) is 7.82. The third-order valence-corrected chi connectivity index (χ3v) is 15.1. The number of carboxylic acid groups (broad SMARTS) is 1. The van der Waals surface area contributed by atoms with Crippen LogP contribution in [0.5, 0.6) is 11.5 Å². The zero-order valence-corrected chi connectivity index (χ0v) is 34.6. The van der Waals surface area contributed by atoms with Gasteiger partial charge in [-0.1, -0.05) is 31.9 Å². The lowest BCUT2D eigenvalue weighted by atomic mass is 9.87. The topological polar surface area (TPSA) is 194 Å². The van der Waals surface area contributed by atoms with Gasteiger partial charge in [-0.25, -0.2) is 27.0 Å². The highest BCUT2D eigenvalue weighted by molar-refractivity contribution is 7.91. The number of pyridine rings is 1. The lowest BCUT2D eigenvalue weighted by Crippen LogP contribution is -2.59. The van der Waals surface area contributed by atoms with Gasteiger partial charge in [0.15, 0.2) is 5.75 Å². The lowest BCUT2D eigenvalue weighted by Gasteiger charge is -2.38. The Morgan fingerprint density at radius 2 is 1.92 bits per heavy atom. The molecule has 1 spiro atoms. The Kier molecular flexibility index (Phi) is 11.6. The fourth-order valence-corrected chi connectivity index (χ4v) is 10.7. The molecule has 2 aromatic rings. The Labute approximate surface area is 342 Å². The summed E-state index contributed by atoms with van der Waals surface area (Å²) in [6.07, 6.45) is 3.32. The van der Waals surface area contributed by atoms with Gasteiger partial charge < -0.3 is 29.5 Å². The average Bonchev–Trinajstić information content (AvgIpc) is 4.11. The summed E-state index contributed by atoms with van der Waals surface area (Å²) >= 11 is 0. The van der Waals surface area contributed by atoms with Gasteiger partial charge in [-0.05, 0) is 82.9 Å². The zero-order valence-electron chi connectivity index (χ0n) is 33.8. The highest BCUT2D eigenvalue weighted by atomic mass is 32.2. The number of benzene rings is 1. The molecule has 15 nitrogen and oxygen atoms in total. The van der Waals surface area contributed by atoms with Crippen LogP contribution in [-0.2, 0) is 35.6 Å². The van der Waals surface area contributed by atoms with Crippen LogP contribution in [0.15, 0.2) is 30.4 Å². The molecule has 1 unspecified atom stereocenters. The number of halogens is 2. The fourth-order valence-electron chi connectivity index (χ4n) is 9.17. The van der Waals surface area contributed by atoms with E-state index in [9.17, 15) is 41.5 Å². The van der Waals surface area contributed by atoms with E-state index in [4.69, 9.17) is 14.2 Å². The molecule has 3 fully saturated rings. The molecule has 322 valence electrons. The van der Waals surface area contributed by atoms with Gasteiger partial charge in [-0.3, -0.25) is 24.0 Å². The molecule has 1 aromatic carbocycles. The van der Waals surface area contributed by atoms with Crippen molar-refractivity contribution in [2.45, 2.75) is 131 Å². The number of carbonyl (C=O) groups is 4. The second kappa shape index (κ2) is 16.1. The summed E-state index contributed by atoms with van der Waals surface area (Å²) in [6.45, 7) is 3.16. The predicted molar refractivity (Wildman–Crippen MR) is 211 cm³/mol. The molecule has 18 heteroatoms. The minimum absolute atomic E-state index is 0.0902. The van der Waals surface area contributed by atoms with Crippen LogP contribution >= 0.6 is 0 Å². The largest absolute Gasteiger partial charge is 0.497 e.